The van der Waals surface area contributed by atoms with Gasteiger partial charge in [-0.25, -0.2) is 13.9 Å². The van der Waals surface area contributed by atoms with Gasteiger partial charge in [0.2, 0.25) is 5.69 Å². The van der Waals surface area contributed by atoms with Gasteiger partial charge in [0.25, 0.3) is 0 Å². The zero-order valence-corrected chi connectivity index (χ0v) is 9.23. The van der Waals surface area contributed by atoms with Crippen LogP contribution in [0, 0.1) is 5.82 Å². The molecule has 2 rings (SSSR count). The quantitative estimate of drug-likeness (QED) is 0.908. The Hall–Kier alpha value is -1.95. The topological polar surface area (TPSA) is 68.0 Å². The number of aromatic nitrogens is 3. The predicted octanol–water partition coefficient (Wildman–Crippen LogP) is 1.82. The fraction of sp³-hybridized carbons (Fsp3) is 0.100. The van der Waals surface area contributed by atoms with Crippen LogP contribution in [0.1, 0.15) is 16.1 Å². The molecule has 5 nitrogen and oxygen atoms in total. The first-order valence-electron chi connectivity index (χ1n) is 4.64. The Morgan fingerprint density at radius 2 is 2.06 bits per heavy atom. The Bertz CT molecular complexity index is 553. The average Bonchev–Trinajstić information content (AvgIpc) is 2.64. The first-order chi connectivity index (χ1) is 8.08. The largest absolute Gasteiger partial charge is 0.476 e. The zero-order chi connectivity index (χ0) is 12.4. The van der Waals surface area contributed by atoms with Crippen molar-refractivity contribution in [2.45, 2.75) is 6.54 Å². The van der Waals surface area contributed by atoms with E-state index in [4.69, 9.17) is 16.7 Å². The third kappa shape index (κ3) is 2.42. The summed E-state index contributed by atoms with van der Waals surface area (Å²) in [4.78, 5) is 10.7. The highest BCUT2D eigenvalue weighted by molar-refractivity contribution is 6.32. The molecule has 0 aliphatic carbocycles. The van der Waals surface area contributed by atoms with Gasteiger partial charge in [-0.2, -0.15) is 0 Å². The van der Waals surface area contributed by atoms with Crippen LogP contribution in [0.5, 0.6) is 0 Å². The molecule has 0 aliphatic rings. The van der Waals surface area contributed by atoms with Gasteiger partial charge in [0, 0.05) is 0 Å². The van der Waals surface area contributed by atoms with Crippen LogP contribution >= 0.6 is 11.6 Å². The van der Waals surface area contributed by atoms with Crippen LogP contribution in [0.4, 0.5) is 4.39 Å². The van der Waals surface area contributed by atoms with E-state index in [1.54, 1.807) is 12.1 Å². The van der Waals surface area contributed by atoms with E-state index >= 15 is 0 Å². The monoisotopic (exact) mass is 255 g/mol. The highest BCUT2D eigenvalue weighted by Gasteiger charge is 2.16. The maximum absolute atomic E-state index is 12.7. The van der Waals surface area contributed by atoms with Gasteiger partial charge in [-0.15, -0.1) is 5.10 Å². The van der Waals surface area contributed by atoms with E-state index in [-0.39, 0.29) is 23.2 Å². The summed E-state index contributed by atoms with van der Waals surface area (Å²) in [5.74, 6) is -1.58. The van der Waals surface area contributed by atoms with Crippen molar-refractivity contribution in [3.63, 3.8) is 0 Å². The van der Waals surface area contributed by atoms with Crippen molar-refractivity contribution >= 4 is 17.6 Å². The van der Waals surface area contributed by atoms with Gasteiger partial charge in [0.05, 0.1) is 6.54 Å². The minimum absolute atomic E-state index is 0.0539. The van der Waals surface area contributed by atoms with Crippen LogP contribution in [0.25, 0.3) is 0 Å². The zero-order valence-electron chi connectivity index (χ0n) is 8.47. The van der Waals surface area contributed by atoms with Gasteiger partial charge in [0.15, 0.2) is 5.15 Å². The lowest BCUT2D eigenvalue weighted by Crippen LogP contribution is -2.03. The number of carboxylic acid groups (broad SMARTS) is 1. The molecule has 0 amide bonds. The number of nitrogens with zero attached hydrogens (tertiary/aromatic N) is 3. The summed E-state index contributed by atoms with van der Waals surface area (Å²) < 4.78 is 13.9. The van der Waals surface area contributed by atoms with Crippen molar-refractivity contribution in [2.75, 3.05) is 0 Å². The molecule has 0 radical (unpaired) electrons. The van der Waals surface area contributed by atoms with Crippen LogP contribution < -0.4 is 0 Å². The van der Waals surface area contributed by atoms with Crippen LogP contribution in [0.15, 0.2) is 24.3 Å². The lowest BCUT2D eigenvalue weighted by molar-refractivity contribution is 0.0690. The minimum Gasteiger partial charge on any atom is -0.476 e. The average molecular weight is 256 g/mol. The first-order valence-corrected chi connectivity index (χ1v) is 5.02. The Morgan fingerprint density at radius 3 is 2.59 bits per heavy atom. The highest BCUT2D eigenvalue weighted by Crippen LogP contribution is 2.14. The molecule has 2 aromatic rings. The summed E-state index contributed by atoms with van der Waals surface area (Å²) in [7, 11) is 0. The molecular formula is C10H7ClFN3O2. The van der Waals surface area contributed by atoms with E-state index < -0.39 is 5.97 Å². The molecule has 1 aromatic carbocycles. The van der Waals surface area contributed by atoms with Crippen molar-refractivity contribution in [1.82, 2.24) is 15.0 Å². The maximum atomic E-state index is 12.7. The number of carbonyl (C=O) groups is 1. The van der Waals surface area contributed by atoms with Crippen molar-refractivity contribution in [3.8, 4) is 0 Å². The lowest BCUT2D eigenvalue weighted by Gasteiger charge is -2.01. The second-order valence-electron chi connectivity index (χ2n) is 3.32. The van der Waals surface area contributed by atoms with E-state index in [2.05, 4.69) is 10.3 Å². The molecule has 17 heavy (non-hydrogen) atoms. The summed E-state index contributed by atoms with van der Waals surface area (Å²) >= 11 is 5.78. The van der Waals surface area contributed by atoms with Crippen LogP contribution in [0.2, 0.25) is 5.15 Å². The predicted molar refractivity (Wildman–Crippen MR) is 57.5 cm³/mol. The van der Waals surface area contributed by atoms with Crippen molar-refractivity contribution < 1.29 is 14.3 Å². The number of hydrogen-bond acceptors (Lipinski definition) is 3. The van der Waals surface area contributed by atoms with E-state index in [1.165, 1.54) is 16.8 Å². The Kier molecular flexibility index (Phi) is 3.06. The molecule has 7 heteroatoms. The fourth-order valence-electron chi connectivity index (χ4n) is 1.30. The summed E-state index contributed by atoms with van der Waals surface area (Å²) in [6.45, 7) is 0.236. The van der Waals surface area contributed by atoms with Crippen molar-refractivity contribution in [1.29, 1.82) is 0 Å². The SMILES string of the molecule is O=C(O)c1nnn(Cc2ccc(F)cc2)c1Cl. The number of aromatic carboxylic acids is 1. The van der Waals surface area contributed by atoms with Crippen LogP contribution in [0.3, 0.4) is 0 Å². The number of benzene rings is 1. The van der Waals surface area contributed by atoms with Gasteiger partial charge in [-0.1, -0.05) is 28.9 Å². The summed E-state index contributed by atoms with van der Waals surface area (Å²) in [6, 6.07) is 5.73. The maximum Gasteiger partial charge on any atom is 0.359 e. The van der Waals surface area contributed by atoms with Gasteiger partial charge < -0.3 is 5.11 Å². The number of hydrogen-bond donors (Lipinski definition) is 1. The van der Waals surface area contributed by atoms with E-state index in [9.17, 15) is 9.18 Å². The number of carboxylic acids is 1. The summed E-state index contributed by atoms with van der Waals surface area (Å²) in [6.07, 6.45) is 0. The molecule has 1 N–H and O–H groups in total. The van der Waals surface area contributed by atoms with Crippen molar-refractivity contribution in [2.24, 2.45) is 0 Å². The third-order valence-corrected chi connectivity index (χ3v) is 2.50. The van der Waals surface area contributed by atoms with Crippen molar-refractivity contribution in [3.05, 3.63) is 46.5 Å². The smallest absolute Gasteiger partial charge is 0.359 e. The van der Waals surface area contributed by atoms with E-state index in [0.29, 0.717) is 0 Å². The molecule has 1 aromatic heterocycles. The summed E-state index contributed by atoms with van der Waals surface area (Å²) in [5.41, 5.74) is 0.448. The van der Waals surface area contributed by atoms with Gasteiger partial charge >= 0.3 is 5.97 Å². The fourth-order valence-corrected chi connectivity index (χ4v) is 1.51. The molecule has 0 fully saturated rings. The normalized spacial score (nSPS) is 10.5. The molecule has 1 heterocycles. The second kappa shape index (κ2) is 4.50. The molecule has 0 atom stereocenters. The van der Waals surface area contributed by atoms with E-state index in [0.717, 1.165) is 5.56 Å². The standard InChI is InChI=1S/C10H7ClFN3O2/c11-9-8(10(16)17)13-14-15(9)5-6-1-3-7(12)4-2-6/h1-4H,5H2,(H,16,17). The van der Waals surface area contributed by atoms with Crippen LogP contribution in [-0.2, 0) is 6.54 Å². The molecule has 0 aliphatic heterocycles. The molecule has 0 saturated heterocycles. The molecular weight excluding hydrogens is 249 g/mol. The van der Waals surface area contributed by atoms with Gasteiger partial charge in [-0.05, 0) is 17.7 Å². The first kappa shape index (κ1) is 11.5. The number of rotatable bonds is 3. The third-order valence-electron chi connectivity index (χ3n) is 2.12. The summed E-state index contributed by atoms with van der Waals surface area (Å²) in [5, 5.41) is 15.7. The van der Waals surface area contributed by atoms with Gasteiger partial charge in [-0.3, -0.25) is 0 Å². The molecule has 0 bridgehead atoms. The Morgan fingerprint density at radius 1 is 1.41 bits per heavy atom. The lowest BCUT2D eigenvalue weighted by atomic mass is 10.2. The Labute approximate surface area is 100 Å². The van der Waals surface area contributed by atoms with Gasteiger partial charge in [0.1, 0.15) is 5.82 Å². The molecule has 0 spiro atoms. The number of halogens is 2. The minimum atomic E-state index is -1.24. The second-order valence-corrected chi connectivity index (χ2v) is 3.68. The van der Waals surface area contributed by atoms with E-state index in [1.807, 2.05) is 0 Å². The van der Waals surface area contributed by atoms with Crippen LogP contribution in [-0.4, -0.2) is 26.1 Å². The molecule has 0 unspecified atom stereocenters. The highest BCUT2D eigenvalue weighted by atomic mass is 35.5. The molecule has 0 saturated carbocycles. The molecule has 88 valence electrons. The Balaban J connectivity index is 2.24.